The van der Waals surface area contributed by atoms with Crippen molar-refractivity contribution in [2.45, 2.75) is 43.7 Å². The second kappa shape index (κ2) is 4.80. The number of fused-ring (bicyclic) bond motifs is 2. The standard InChI is InChI=1S/C14H20N2O2S/c1-19(17,18)16-14-4-2-3-10(7-14)11-8-12-5-6-13(9-11)15-12/h2-4,7,11-13,15-16H,5-6,8-9H2,1H3/t11-,12+,13-. The van der Waals surface area contributed by atoms with E-state index in [1.807, 2.05) is 12.1 Å². The first kappa shape index (κ1) is 12.9. The van der Waals surface area contributed by atoms with Crippen LogP contribution in [0.4, 0.5) is 5.69 Å². The number of rotatable bonds is 3. The van der Waals surface area contributed by atoms with E-state index < -0.39 is 10.0 Å². The molecule has 2 heterocycles. The molecule has 2 fully saturated rings. The molecule has 2 aliphatic heterocycles. The highest BCUT2D eigenvalue weighted by atomic mass is 32.2. The highest BCUT2D eigenvalue weighted by Gasteiger charge is 2.33. The first-order valence-corrected chi connectivity index (χ1v) is 8.72. The Hall–Kier alpha value is -1.07. The Bertz CT molecular complexity index is 559. The largest absolute Gasteiger partial charge is 0.311 e. The molecule has 0 unspecified atom stereocenters. The minimum absolute atomic E-state index is 0.556. The average Bonchev–Trinajstić information content (AvgIpc) is 2.66. The maximum Gasteiger partial charge on any atom is 0.229 e. The van der Waals surface area contributed by atoms with Gasteiger partial charge in [-0.2, -0.15) is 0 Å². The van der Waals surface area contributed by atoms with Crippen LogP contribution in [0.15, 0.2) is 24.3 Å². The molecule has 4 nitrogen and oxygen atoms in total. The summed E-state index contributed by atoms with van der Waals surface area (Å²) in [6.45, 7) is 0. The number of nitrogens with one attached hydrogen (secondary N) is 2. The molecule has 0 aliphatic carbocycles. The number of hydrogen-bond donors (Lipinski definition) is 2. The smallest absolute Gasteiger partial charge is 0.229 e. The molecule has 5 heteroatoms. The van der Waals surface area contributed by atoms with Gasteiger partial charge in [0.05, 0.1) is 6.26 Å². The second-order valence-corrected chi connectivity index (χ2v) is 7.55. The van der Waals surface area contributed by atoms with Crippen molar-refractivity contribution >= 4 is 15.7 Å². The Labute approximate surface area is 114 Å². The predicted molar refractivity (Wildman–Crippen MR) is 76.8 cm³/mol. The first-order valence-electron chi connectivity index (χ1n) is 6.83. The molecule has 2 saturated heterocycles. The fourth-order valence-corrected chi connectivity index (χ4v) is 3.95. The average molecular weight is 280 g/mol. The van der Waals surface area contributed by atoms with Crippen molar-refractivity contribution in [1.82, 2.24) is 5.32 Å². The number of anilines is 1. The highest BCUT2D eigenvalue weighted by molar-refractivity contribution is 7.92. The molecular weight excluding hydrogens is 260 g/mol. The summed E-state index contributed by atoms with van der Waals surface area (Å²) in [6, 6.07) is 9.14. The van der Waals surface area contributed by atoms with Crippen LogP contribution in [0.2, 0.25) is 0 Å². The maximum atomic E-state index is 11.3. The van der Waals surface area contributed by atoms with Gasteiger partial charge in [0.1, 0.15) is 0 Å². The number of sulfonamides is 1. The van der Waals surface area contributed by atoms with Gasteiger partial charge in [-0.1, -0.05) is 12.1 Å². The molecule has 1 aromatic rings. The van der Waals surface area contributed by atoms with Gasteiger partial charge in [-0.25, -0.2) is 8.42 Å². The second-order valence-electron chi connectivity index (χ2n) is 5.81. The summed E-state index contributed by atoms with van der Waals surface area (Å²) in [5, 5.41) is 3.63. The van der Waals surface area contributed by atoms with Crippen LogP contribution >= 0.6 is 0 Å². The number of benzene rings is 1. The van der Waals surface area contributed by atoms with Crippen molar-refractivity contribution in [1.29, 1.82) is 0 Å². The van der Waals surface area contributed by atoms with Crippen LogP contribution in [-0.4, -0.2) is 26.8 Å². The summed E-state index contributed by atoms with van der Waals surface area (Å²) in [5.41, 5.74) is 1.93. The summed E-state index contributed by atoms with van der Waals surface area (Å²) in [6.07, 6.45) is 6.08. The molecule has 104 valence electrons. The van der Waals surface area contributed by atoms with E-state index in [0.717, 1.165) is 0 Å². The van der Waals surface area contributed by atoms with Crippen molar-refractivity contribution < 1.29 is 8.42 Å². The Balaban J connectivity index is 1.79. The first-order chi connectivity index (χ1) is 8.99. The van der Waals surface area contributed by atoms with Crippen LogP contribution in [0.25, 0.3) is 0 Å². The third-order valence-corrected chi connectivity index (χ3v) is 4.74. The topological polar surface area (TPSA) is 58.2 Å². The zero-order valence-corrected chi connectivity index (χ0v) is 11.9. The quantitative estimate of drug-likeness (QED) is 0.891. The van der Waals surface area contributed by atoms with E-state index in [9.17, 15) is 8.42 Å². The normalized spacial score (nSPS) is 30.3. The monoisotopic (exact) mass is 280 g/mol. The summed E-state index contributed by atoms with van der Waals surface area (Å²) in [5.74, 6) is 0.556. The minimum atomic E-state index is -3.20. The highest BCUT2D eigenvalue weighted by Crippen LogP contribution is 2.37. The third-order valence-electron chi connectivity index (χ3n) is 4.13. The molecule has 0 aromatic heterocycles. The van der Waals surface area contributed by atoms with Gasteiger partial charge in [0, 0.05) is 17.8 Å². The summed E-state index contributed by atoms with van der Waals surface area (Å²) < 4.78 is 25.1. The zero-order chi connectivity index (χ0) is 13.5. The summed E-state index contributed by atoms with van der Waals surface area (Å²) in [7, 11) is -3.20. The van der Waals surface area contributed by atoms with Gasteiger partial charge in [0.2, 0.25) is 10.0 Å². The SMILES string of the molecule is CS(=O)(=O)Nc1cccc([C@H]2C[C@H]3CC[C@@H](C2)N3)c1. The van der Waals surface area contributed by atoms with E-state index in [4.69, 9.17) is 0 Å². The van der Waals surface area contributed by atoms with Crippen molar-refractivity contribution in [2.24, 2.45) is 0 Å². The van der Waals surface area contributed by atoms with Gasteiger partial charge >= 0.3 is 0 Å². The molecule has 1 aromatic carbocycles. The van der Waals surface area contributed by atoms with Gasteiger partial charge in [0.25, 0.3) is 0 Å². The van der Waals surface area contributed by atoms with E-state index in [0.29, 0.717) is 23.7 Å². The molecule has 0 saturated carbocycles. The number of hydrogen-bond acceptors (Lipinski definition) is 3. The van der Waals surface area contributed by atoms with Gasteiger partial charge in [-0.05, 0) is 49.3 Å². The Morgan fingerprint density at radius 2 is 1.89 bits per heavy atom. The lowest BCUT2D eigenvalue weighted by atomic mass is 9.86. The third kappa shape index (κ3) is 3.09. The van der Waals surface area contributed by atoms with Crippen LogP contribution in [-0.2, 0) is 10.0 Å². The molecule has 2 N–H and O–H groups in total. The Morgan fingerprint density at radius 3 is 2.53 bits per heavy atom. The van der Waals surface area contributed by atoms with E-state index in [-0.39, 0.29) is 0 Å². The molecule has 2 aliphatic rings. The molecule has 3 atom stereocenters. The van der Waals surface area contributed by atoms with Crippen LogP contribution in [0, 0.1) is 0 Å². The fraction of sp³-hybridized carbons (Fsp3) is 0.571. The maximum absolute atomic E-state index is 11.3. The molecule has 19 heavy (non-hydrogen) atoms. The van der Waals surface area contributed by atoms with Crippen LogP contribution in [0.3, 0.4) is 0 Å². The van der Waals surface area contributed by atoms with Gasteiger partial charge in [-0.3, -0.25) is 4.72 Å². The molecular formula is C14H20N2O2S. The minimum Gasteiger partial charge on any atom is -0.311 e. The van der Waals surface area contributed by atoms with Crippen LogP contribution in [0.5, 0.6) is 0 Å². The van der Waals surface area contributed by atoms with Gasteiger partial charge in [-0.15, -0.1) is 0 Å². The summed E-state index contributed by atoms with van der Waals surface area (Å²) >= 11 is 0. The Morgan fingerprint density at radius 1 is 1.21 bits per heavy atom. The van der Waals surface area contributed by atoms with Crippen molar-refractivity contribution in [3.63, 3.8) is 0 Å². The zero-order valence-electron chi connectivity index (χ0n) is 11.1. The predicted octanol–water partition coefficient (Wildman–Crippen LogP) is 2.06. The van der Waals surface area contributed by atoms with Crippen molar-refractivity contribution in [3.05, 3.63) is 29.8 Å². The van der Waals surface area contributed by atoms with Gasteiger partial charge < -0.3 is 5.32 Å². The van der Waals surface area contributed by atoms with Gasteiger partial charge in [0.15, 0.2) is 0 Å². The molecule has 3 rings (SSSR count). The van der Waals surface area contributed by atoms with Crippen LogP contribution < -0.4 is 10.0 Å². The van der Waals surface area contributed by atoms with E-state index >= 15 is 0 Å². The molecule has 0 amide bonds. The summed E-state index contributed by atoms with van der Waals surface area (Å²) in [4.78, 5) is 0. The molecule has 0 spiro atoms. The lowest BCUT2D eigenvalue weighted by molar-refractivity contribution is 0.363. The lowest BCUT2D eigenvalue weighted by Crippen LogP contribution is -2.37. The number of piperidine rings is 1. The Kier molecular flexibility index (Phi) is 3.27. The van der Waals surface area contributed by atoms with E-state index in [1.54, 1.807) is 6.07 Å². The van der Waals surface area contributed by atoms with Crippen molar-refractivity contribution in [2.75, 3.05) is 11.0 Å². The van der Waals surface area contributed by atoms with Crippen LogP contribution in [0.1, 0.15) is 37.2 Å². The van der Waals surface area contributed by atoms with Crippen molar-refractivity contribution in [3.8, 4) is 0 Å². The lowest BCUT2D eigenvalue weighted by Gasteiger charge is -2.29. The van der Waals surface area contributed by atoms with E-state index in [2.05, 4.69) is 16.1 Å². The van der Waals surface area contributed by atoms with E-state index in [1.165, 1.54) is 37.5 Å². The fourth-order valence-electron chi connectivity index (χ4n) is 3.40. The molecule has 2 bridgehead atoms. The molecule has 0 radical (unpaired) electrons.